The summed E-state index contributed by atoms with van der Waals surface area (Å²) in [6.07, 6.45) is 3.70. The van der Waals surface area contributed by atoms with Crippen LogP contribution in [0.3, 0.4) is 0 Å². The highest BCUT2D eigenvalue weighted by Crippen LogP contribution is 2.30. The van der Waals surface area contributed by atoms with Gasteiger partial charge in [0.05, 0.1) is 24.3 Å². The molecule has 32 heavy (non-hydrogen) atoms. The molecule has 172 valence electrons. The van der Waals surface area contributed by atoms with Crippen LogP contribution < -0.4 is 9.64 Å². The predicted molar refractivity (Wildman–Crippen MR) is 114 cm³/mol. The van der Waals surface area contributed by atoms with Crippen LogP contribution in [0.4, 0.5) is 10.5 Å². The molecular formula is C21H25N3O7S. The van der Waals surface area contributed by atoms with Crippen LogP contribution in [0.1, 0.15) is 32.1 Å². The lowest BCUT2D eigenvalue weighted by Crippen LogP contribution is -2.51. The van der Waals surface area contributed by atoms with Crippen molar-refractivity contribution >= 4 is 39.3 Å². The van der Waals surface area contributed by atoms with E-state index in [2.05, 4.69) is 0 Å². The van der Waals surface area contributed by atoms with Gasteiger partial charge >= 0.3 is 17.8 Å². The van der Waals surface area contributed by atoms with Gasteiger partial charge in [-0.05, 0) is 43.5 Å². The third-order valence-electron chi connectivity index (χ3n) is 6.29. The molecule has 10 nitrogen and oxygen atoms in total. The van der Waals surface area contributed by atoms with Crippen molar-refractivity contribution in [2.75, 3.05) is 30.1 Å². The molecule has 1 aromatic rings. The lowest BCUT2D eigenvalue weighted by molar-refractivity contribution is -0.143. The molecule has 1 saturated carbocycles. The second-order valence-electron chi connectivity index (χ2n) is 8.31. The number of anilines is 1. The fourth-order valence-electron chi connectivity index (χ4n) is 4.70. The van der Waals surface area contributed by atoms with Crippen molar-refractivity contribution in [3.63, 3.8) is 0 Å². The second-order valence-corrected chi connectivity index (χ2v) is 10.5. The van der Waals surface area contributed by atoms with Gasteiger partial charge < -0.3 is 9.64 Å². The molecule has 0 N–H and O–H groups in total. The van der Waals surface area contributed by atoms with E-state index in [1.165, 1.54) is 19.2 Å². The van der Waals surface area contributed by atoms with Gasteiger partial charge in [0.25, 0.3) is 0 Å². The van der Waals surface area contributed by atoms with Crippen LogP contribution in [0, 0.1) is 0 Å². The van der Waals surface area contributed by atoms with E-state index in [1.807, 2.05) is 0 Å². The molecule has 4 rings (SSSR count). The number of hydrogen-bond acceptors (Lipinski definition) is 7. The van der Waals surface area contributed by atoms with Gasteiger partial charge in [-0.3, -0.25) is 14.4 Å². The van der Waals surface area contributed by atoms with Gasteiger partial charge in [-0.15, -0.1) is 0 Å². The highest BCUT2D eigenvalue weighted by Gasteiger charge is 2.48. The van der Waals surface area contributed by atoms with E-state index < -0.39 is 46.2 Å². The van der Waals surface area contributed by atoms with Gasteiger partial charge in [-0.25, -0.2) is 23.0 Å². The lowest BCUT2D eigenvalue weighted by atomic mass is 10.1. The van der Waals surface area contributed by atoms with Crippen LogP contribution in [0.25, 0.3) is 0 Å². The van der Waals surface area contributed by atoms with Crippen molar-refractivity contribution in [3.8, 4) is 5.75 Å². The molecule has 5 amide bonds. The standard InChI is InChI=1S/C21H25N3O7S/c1-31-17-8-6-15(7-9-17)24-20(27)19(26)22(21(24)28)12-18(25)23(14-4-2-3-5-14)16-10-11-32(29,30)13-16/h6-9,14,16H,2-5,10-13H2,1H3. The maximum Gasteiger partial charge on any atom is 0.339 e. The fraction of sp³-hybridized carbons (Fsp3) is 0.524. The number of ether oxygens (including phenoxy) is 1. The molecule has 1 aliphatic carbocycles. The molecule has 1 atom stereocenters. The van der Waals surface area contributed by atoms with Crippen molar-refractivity contribution < 1.29 is 32.3 Å². The molecule has 0 bridgehead atoms. The molecule has 2 heterocycles. The number of methoxy groups -OCH3 is 1. The molecule has 0 radical (unpaired) electrons. The smallest absolute Gasteiger partial charge is 0.339 e. The second kappa shape index (κ2) is 8.53. The number of carbonyl (C=O) groups excluding carboxylic acids is 4. The maximum absolute atomic E-state index is 13.2. The minimum atomic E-state index is -3.23. The predicted octanol–water partition coefficient (Wildman–Crippen LogP) is 0.949. The maximum atomic E-state index is 13.2. The number of imide groups is 2. The Kier molecular flexibility index (Phi) is 5.93. The van der Waals surface area contributed by atoms with Crippen molar-refractivity contribution in [1.82, 2.24) is 9.80 Å². The molecule has 2 saturated heterocycles. The summed E-state index contributed by atoms with van der Waals surface area (Å²) in [6.45, 7) is -0.594. The minimum absolute atomic E-state index is 0.0134. The molecule has 2 aliphatic heterocycles. The zero-order chi connectivity index (χ0) is 23.0. The third kappa shape index (κ3) is 4.08. The first-order valence-electron chi connectivity index (χ1n) is 10.6. The normalized spacial score (nSPS) is 23.3. The Morgan fingerprint density at radius 2 is 1.69 bits per heavy atom. The van der Waals surface area contributed by atoms with Crippen molar-refractivity contribution in [3.05, 3.63) is 24.3 Å². The topological polar surface area (TPSA) is 121 Å². The van der Waals surface area contributed by atoms with Crippen LogP contribution in [-0.4, -0.2) is 79.2 Å². The molecule has 1 aromatic carbocycles. The number of nitrogens with zero attached hydrogens (tertiary/aromatic N) is 3. The van der Waals surface area contributed by atoms with E-state index in [-0.39, 0.29) is 23.2 Å². The number of hydrogen-bond donors (Lipinski definition) is 0. The zero-order valence-corrected chi connectivity index (χ0v) is 18.5. The lowest BCUT2D eigenvalue weighted by Gasteiger charge is -2.34. The van der Waals surface area contributed by atoms with Crippen molar-refractivity contribution in [1.29, 1.82) is 0 Å². The first-order chi connectivity index (χ1) is 15.2. The van der Waals surface area contributed by atoms with Gasteiger partial charge in [0.15, 0.2) is 9.84 Å². The summed E-state index contributed by atoms with van der Waals surface area (Å²) in [7, 11) is -1.75. The fourth-order valence-corrected chi connectivity index (χ4v) is 6.41. The van der Waals surface area contributed by atoms with E-state index >= 15 is 0 Å². The summed E-state index contributed by atoms with van der Waals surface area (Å²) in [4.78, 5) is 54.1. The average Bonchev–Trinajstić information content (AvgIpc) is 3.46. The van der Waals surface area contributed by atoms with E-state index in [0.29, 0.717) is 17.1 Å². The minimum Gasteiger partial charge on any atom is -0.497 e. The van der Waals surface area contributed by atoms with Gasteiger partial charge in [0, 0.05) is 12.1 Å². The van der Waals surface area contributed by atoms with Crippen LogP contribution in [-0.2, 0) is 24.2 Å². The number of carbonyl (C=O) groups is 4. The van der Waals surface area contributed by atoms with Crippen LogP contribution in [0.15, 0.2) is 24.3 Å². The number of rotatable bonds is 6. The number of benzene rings is 1. The molecule has 1 unspecified atom stereocenters. The number of amides is 5. The van der Waals surface area contributed by atoms with Crippen molar-refractivity contribution in [2.45, 2.75) is 44.2 Å². The summed E-state index contributed by atoms with van der Waals surface area (Å²) >= 11 is 0. The first kappa shape index (κ1) is 22.3. The van der Waals surface area contributed by atoms with Gasteiger partial charge in [0.2, 0.25) is 5.91 Å². The summed E-state index contributed by atoms with van der Waals surface area (Å²) in [5, 5.41) is 0. The average molecular weight is 464 g/mol. The Morgan fingerprint density at radius 1 is 1.03 bits per heavy atom. The largest absolute Gasteiger partial charge is 0.497 e. The molecule has 11 heteroatoms. The van der Waals surface area contributed by atoms with Crippen LogP contribution in [0.2, 0.25) is 0 Å². The van der Waals surface area contributed by atoms with E-state index in [1.54, 1.807) is 17.0 Å². The number of sulfone groups is 1. The Hall–Kier alpha value is -2.95. The first-order valence-corrected chi connectivity index (χ1v) is 12.4. The van der Waals surface area contributed by atoms with Gasteiger partial charge in [-0.1, -0.05) is 12.8 Å². The molecule has 0 aromatic heterocycles. The Labute approximate surface area is 186 Å². The quantitative estimate of drug-likeness (QED) is 0.455. The van der Waals surface area contributed by atoms with Gasteiger partial charge in [-0.2, -0.15) is 0 Å². The van der Waals surface area contributed by atoms with Crippen LogP contribution >= 0.6 is 0 Å². The summed E-state index contributed by atoms with van der Waals surface area (Å²) in [5.41, 5.74) is 0.193. The van der Waals surface area contributed by atoms with E-state index in [4.69, 9.17) is 4.74 Å². The Bertz CT molecular complexity index is 1050. The highest BCUT2D eigenvalue weighted by atomic mass is 32.2. The molecule has 0 spiro atoms. The Morgan fingerprint density at radius 3 is 2.25 bits per heavy atom. The highest BCUT2D eigenvalue weighted by molar-refractivity contribution is 7.91. The van der Waals surface area contributed by atoms with E-state index in [9.17, 15) is 27.6 Å². The molecule has 3 fully saturated rings. The van der Waals surface area contributed by atoms with Crippen LogP contribution in [0.5, 0.6) is 5.75 Å². The number of urea groups is 1. The van der Waals surface area contributed by atoms with Gasteiger partial charge in [0.1, 0.15) is 12.3 Å². The third-order valence-corrected chi connectivity index (χ3v) is 8.04. The van der Waals surface area contributed by atoms with Crippen molar-refractivity contribution in [2.24, 2.45) is 0 Å². The SMILES string of the molecule is COc1ccc(N2C(=O)C(=O)N(CC(=O)N(C3CCCC3)C3CCS(=O)(=O)C3)C2=O)cc1. The summed E-state index contributed by atoms with van der Waals surface area (Å²) in [5.74, 6) is -2.21. The Balaban J connectivity index is 1.54. The molecular weight excluding hydrogens is 438 g/mol. The summed E-state index contributed by atoms with van der Waals surface area (Å²) in [6, 6.07) is 4.55. The molecule has 3 aliphatic rings. The summed E-state index contributed by atoms with van der Waals surface area (Å²) < 4.78 is 29.1. The zero-order valence-electron chi connectivity index (χ0n) is 17.7. The van der Waals surface area contributed by atoms with E-state index in [0.717, 1.165) is 30.6 Å². The monoisotopic (exact) mass is 463 g/mol.